The smallest absolute Gasteiger partial charge is 0.231 e. The first-order valence-electron chi connectivity index (χ1n) is 6.58. The summed E-state index contributed by atoms with van der Waals surface area (Å²) in [5.74, 6) is 2.92. The molecule has 0 spiro atoms. The molecule has 0 unspecified atom stereocenters. The molecule has 1 saturated heterocycles. The highest BCUT2D eigenvalue weighted by Gasteiger charge is 2.23. The van der Waals surface area contributed by atoms with E-state index in [1.165, 1.54) is 0 Å². The molecular weight excluding hydrogens is 258 g/mol. The van der Waals surface area contributed by atoms with E-state index in [0.29, 0.717) is 29.1 Å². The molecule has 1 atom stereocenters. The van der Waals surface area contributed by atoms with Crippen molar-refractivity contribution >= 4 is 0 Å². The van der Waals surface area contributed by atoms with Crippen LogP contribution < -0.4 is 14.8 Å². The second-order valence-corrected chi connectivity index (χ2v) is 4.72. The molecule has 2 heterocycles. The van der Waals surface area contributed by atoms with Gasteiger partial charge in [-0.1, -0.05) is 5.16 Å². The summed E-state index contributed by atoms with van der Waals surface area (Å²) in [6.07, 6.45) is 1.04. The molecule has 1 aliphatic heterocycles. The number of rotatable bonds is 4. The van der Waals surface area contributed by atoms with Crippen molar-refractivity contribution < 1.29 is 14.0 Å². The fourth-order valence-corrected chi connectivity index (χ4v) is 2.36. The van der Waals surface area contributed by atoms with Gasteiger partial charge in [0.05, 0.1) is 20.1 Å². The molecule has 0 saturated carbocycles. The summed E-state index contributed by atoms with van der Waals surface area (Å²) in [6, 6.07) is 5.57. The van der Waals surface area contributed by atoms with Gasteiger partial charge in [0.15, 0.2) is 11.5 Å². The number of nitrogens with one attached hydrogen (secondary N) is 1. The molecule has 0 amide bonds. The Hall–Kier alpha value is -2.08. The molecule has 0 radical (unpaired) electrons. The Morgan fingerprint density at radius 1 is 1.25 bits per heavy atom. The molecule has 20 heavy (non-hydrogen) atoms. The summed E-state index contributed by atoms with van der Waals surface area (Å²) in [5.41, 5.74) is 0.851. The van der Waals surface area contributed by atoms with Crippen LogP contribution in [0.1, 0.15) is 18.2 Å². The first-order valence-corrected chi connectivity index (χ1v) is 6.58. The Bertz CT molecular complexity index is 591. The van der Waals surface area contributed by atoms with Gasteiger partial charge in [-0.2, -0.15) is 4.98 Å². The average molecular weight is 275 g/mol. The summed E-state index contributed by atoms with van der Waals surface area (Å²) < 4.78 is 15.9. The topological polar surface area (TPSA) is 69.4 Å². The van der Waals surface area contributed by atoms with Gasteiger partial charge in [0.2, 0.25) is 11.7 Å². The third kappa shape index (κ3) is 2.34. The molecule has 0 bridgehead atoms. The molecule has 1 aromatic carbocycles. The second kappa shape index (κ2) is 5.50. The van der Waals surface area contributed by atoms with Crippen LogP contribution in [-0.4, -0.2) is 37.4 Å². The number of hydrogen-bond acceptors (Lipinski definition) is 6. The van der Waals surface area contributed by atoms with Crippen LogP contribution in [0.25, 0.3) is 11.4 Å². The maximum absolute atomic E-state index is 5.36. The lowest BCUT2D eigenvalue weighted by Crippen LogP contribution is -2.08. The Morgan fingerprint density at radius 3 is 2.80 bits per heavy atom. The normalized spacial score (nSPS) is 18.2. The van der Waals surface area contributed by atoms with Gasteiger partial charge in [-0.05, 0) is 31.2 Å². The Labute approximate surface area is 117 Å². The Balaban J connectivity index is 1.88. The number of aromatic nitrogens is 2. The molecule has 1 aliphatic rings. The fourth-order valence-electron chi connectivity index (χ4n) is 2.36. The van der Waals surface area contributed by atoms with Crippen molar-refractivity contribution in [3.05, 3.63) is 24.1 Å². The highest BCUT2D eigenvalue weighted by Crippen LogP contribution is 2.32. The number of methoxy groups -OCH3 is 2. The highest BCUT2D eigenvalue weighted by molar-refractivity contribution is 5.60. The largest absolute Gasteiger partial charge is 0.493 e. The lowest BCUT2D eigenvalue weighted by Gasteiger charge is -2.07. The van der Waals surface area contributed by atoms with Crippen LogP contribution in [-0.2, 0) is 0 Å². The fraction of sp³-hybridized carbons (Fsp3) is 0.429. The molecule has 1 fully saturated rings. The third-order valence-electron chi connectivity index (χ3n) is 3.49. The van der Waals surface area contributed by atoms with Crippen LogP contribution in [0.4, 0.5) is 0 Å². The SMILES string of the molecule is COc1ccc(-c2noc([C@H]3CCNC3)n2)cc1OC. The lowest BCUT2D eigenvalue weighted by molar-refractivity contribution is 0.354. The number of ether oxygens (including phenoxy) is 2. The predicted molar refractivity (Wildman–Crippen MR) is 73.1 cm³/mol. The second-order valence-electron chi connectivity index (χ2n) is 4.72. The van der Waals surface area contributed by atoms with E-state index in [1.807, 2.05) is 18.2 Å². The van der Waals surface area contributed by atoms with Crippen molar-refractivity contribution in [1.29, 1.82) is 0 Å². The van der Waals surface area contributed by atoms with Crippen molar-refractivity contribution in [2.24, 2.45) is 0 Å². The molecule has 6 nitrogen and oxygen atoms in total. The van der Waals surface area contributed by atoms with E-state index in [2.05, 4.69) is 15.5 Å². The number of nitrogens with zero attached hydrogens (tertiary/aromatic N) is 2. The standard InChI is InChI=1S/C14H17N3O3/c1-18-11-4-3-9(7-12(11)19-2)13-16-14(20-17-13)10-5-6-15-8-10/h3-4,7,10,15H,5-6,8H2,1-2H3/t10-/m0/s1. The third-order valence-corrected chi connectivity index (χ3v) is 3.49. The van der Waals surface area contributed by atoms with Crippen molar-refractivity contribution in [1.82, 2.24) is 15.5 Å². The average Bonchev–Trinajstić information content (AvgIpc) is 3.16. The summed E-state index contributed by atoms with van der Waals surface area (Å²) >= 11 is 0. The number of hydrogen-bond donors (Lipinski definition) is 1. The van der Waals surface area contributed by atoms with Crippen molar-refractivity contribution in [3.8, 4) is 22.9 Å². The lowest BCUT2D eigenvalue weighted by atomic mass is 10.1. The Kier molecular flexibility index (Phi) is 3.56. The van der Waals surface area contributed by atoms with Gasteiger partial charge < -0.3 is 19.3 Å². The summed E-state index contributed by atoms with van der Waals surface area (Å²) in [5, 5.41) is 7.34. The quantitative estimate of drug-likeness (QED) is 0.918. The summed E-state index contributed by atoms with van der Waals surface area (Å²) in [6.45, 7) is 1.90. The zero-order valence-electron chi connectivity index (χ0n) is 11.5. The highest BCUT2D eigenvalue weighted by atomic mass is 16.5. The monoisotopic (exact) mass is 275 g/mol. The minimum absolute atomic E-state index is 0.316. The molecule has 1 N–H and O–H groups in total. The molecular formula is C14H17N3O3. The van der Waals surface area contributed by atoms with Crippen molar-refractivity contribution in [2.75, 3.05) is 27.3 Å². The molecule has 3 rings (SSSR count). The van der Waals surface area contributed by atoms with Gasteiger partial charge in [0.1, 0.15) is 0 Å². The van der Waals surface area contributed by atoms with Crippen LogP contribution in [0.2, 0.25) is 0 Å². The van der Waals surface area contributed by atoms with Gasteiger partial charge in [-0.3, -0.25) is 0 Å². The van der Waals surface area contributed by atoms with Gasteiger partial charge in [0, 0.05) is 12.1 Å². The van der Waals surface area contributed by atoms with Gasteiger partial charge in [-0.15, -0.1) is 0 Å². The van der Waals surface area contributed by atoms with Crippen molar-refractivity contribution in [3.63, 3.8) is 0 Å². The maximum Gasteiger partial charge on any atom is 0.231 e. The van der Waals surface area contributed by atoms with E-state index in [4.69, 9.17) is 14.0 Å². The van der Waals surface area contributed by atoms with E-state index < -0.39 is 0 Å². The van der Waals surface area contributed by atoms with E-state index in [0.717, 1.165) is 25.1 Å². The first-order chi connectivity index (χ1) is 9.81. The van der Waals surface area contributed by atoms with E-state index >= 15 is 0 Å². The Morgan fingerprint density at radius 2 is 2.10 bits per heavy atom. The van der Waals surface area contributed by atoms with Crippen molar-refractivity contribution in [2.45, 2.75) is 12.3 Å². The van der Waals surface area contributed by atoms with E-state index in [1.54, 1.807) is 14.2 Å². The zero-order chi connectivity index (χ0) is 13.9. The molecule has 0 aliphatic carbocycles. The van der Waals surface area contributed by atoms with Crippen LogP contribution in [0.15, 0.2) is 22.7 Å². The van der Waals surface area contributed by atoms with E-state index in [9.17, 15) is 0 Å². The molecule has 106 valence electrons. The van der Waals surface area contributed by atoms with E-state index in [-0.39, 0.29) is 0 Å². The summed E-state index contributed by atoms with van der Waals surface area (Å²) in [4.78, 5) is 4.48. The maximum atomic E-state index is 5.36. The minimum atomic E-state index is 0.316. The first kappa shape index (κ1) is 12.9. The molecule has 6 heteroatoms. The zero-order valence-corrected chi connectivity index (χ0v) is 11.5. The van der Waals surface area contributed by atoms with Gasteiger partial charge in [0.25, 0.3) is 0 Å². The van der Waals surface area contributed by atoms with Crippen LogP contribution in [0, 0.1) is 0 Å². The predicted octanol–water partition coefficient (Wildman–Crippen LogP) is 1.83. The van der Waals surface area contributed by atoms with Crippen LogP contribution in [0.3, 0.4) is 0 Å². The van der Waals surface area contributed by atoms with Crippen LogP contribution >= 0.6 is 0 Å². The minimum Gasteiger partial charge on any atom is -0.493 e. The number of benzene rings is 1. The molecule has 1 aromatic heterocycles. The molecule has 2 aromatic rings. The van der Waals surface area contributed by atoms with Gasteiger partial charge >= 0.3 is 0 Å². The van der Waals surface area contributed by atoms with Crippen LogP contribution in [0.5, 0.6) is 11.5 Å². The summed E-state index contributed by atoms with van der Waals surface area (Å²) in [7, 11) is 3.21. The van der Waals surface area contributed by atoms with Gasteiger partial charge in [-0.25, -0.2) is 0 Å².